The molecule has 3 rings (SSSR count). The zero-order valence-electron chi connectivity index (χ0n) is 15.0. The van der Waals surface area contributed by atoms with Crippen molar-refractivity contribution >= 4 is 33.6 Å². The van der Waals surface area contributed by atoms with Gasteiger partial charge in [-0.05, 0) is 0 Å². The molecular weight excluding hydrogens is 375 g/mol. The molecule has 2 aromatic rings. The number of rotatable bonds is 5. The van der Waals surface area contributed by atoms with Gasteiger partial charge in [-0.3, -0.25) is 0 Å². The molecule has 0 amide bonds. The van der Waals surface area contributed by atoms with Gasteiger partial charge in [-0.15, -0.1) is 0 Å². The first-order valence-electron chi connectivity index (χ1n) is 8.91. The Hall–Kier alpha value is -0.864. The van der Waals surface area contributed by atoms with Gasteiger partial charge in [0, 0.05) is 0 Å². The Morgan fingerprint density at radius 1 is 0.958 bits per heavy atom. The van der Waals surface area contributed by atoms with E-state index in [1.807, 2.05) is 0 Å². The Kier molecular flexibility index (Phi) is 5.66. The summed E-state index contributed by atoms with van der Waals surface area (Å²) >= 11 is 0.769. The fourth-order valence-electron chi connectivity index (χ4n) is 3.76. The van der Waals surface area contributed by atoms with Crippen LogP contribution in [-0.4, -0.2) is 29.9 Å². The van der Waals surface area contributed by atoms with E-state index in [2.05, 4.69) is 81.4 Å². The molecule has 0 radical (unpaired) electrons. The summed E-state index contributed by atoms with van der Waals surface area (Å²) in [7, 11) is -2.31. The molecule has 1 heterocycles. The van der Waals surface area contributed by atoms with Gasteiger partial charge in [0.05, 0.1) is 0 Å². The predicted octanol–water partition coefficient (Wildman–Crippen LogP) is 4.27. The maximum atomic E-state index is 7.00. The molecule has 24 heavy (non-hydrogen) atoms. The van der Waals surface area contributed by atoms with Crippen LogP contribution in [0.1, 0.15) is 33.6 Å². The monoisotopic (exact) mass is 404 g/mol. The van der Waals surface area contributed by atoms with Gasteiger partial charge in [-0.1, -0.05) is 0 Å². The average molecular weight is 404 g/mol. The fraction of sp³-hybridized carbons (Fsp3) is 0.429. The third-order valence-corrected chi connectivity index (χ3v) is 12.8. The predicted molar refractivity (Wildman–Crippen MR) is 107 cm³/mol. The summed E-state index contributed by atoms with van der Waals surface area (Å²) in [6, 6.07) is 22.0. The molecule has 0 bridgehead atoms. The van der Waals surface area contributed by atoms with Gasteiger partial charge in [0.1, 0.15) is 0 Å². The molecule has 0 unspecified atom stereocenters. The van der Waals surface area contributed by atoms with Crippen molar-refractivity contribution in [3.8, 4) is 0 Å². The molecule has 0 N–H and O–H groups in total. The van der Waals surface area contributed by atoms with Crippen LogP contribution >= 0.6 is 0 Å². The topological polar surface area (TPSA) is 9.23 Å². The summed E-state index contributed by atoms with van der Waals surface area (Å²) in [5, 5.41) is 4.33. The van der Waals surface area contributed by atoms with Crippen LogP contribution in [-0.2, 0) is 4.43 Å². The van der Waals surface area contributed by atoms with Crippen molar-refractivity contribution in [2.45, 2.75) is 48.8 Å². The molecule has 1 atom stereocenters. The SMILES string of the molecule is CC(C)(C)[Si](OC[C@H]1CCC[Se]1)(c1ccccc1)c1ccccc1. The van der Waals surface area contributed by atoms with Crippen molar-refractivity contribution in [1.82, 2.24) is 0 Å². The van der Waals surface area contributed by atoms with E-state index in [0.717, 1.165) is 26.4 Å². The van der Waals surface area contributed by atoms with E-state index in [1.165, 1.54) is 28.5 Å². The molecule has 0 saturated carbocycles. The van der Waals surface area contributed by atoms with Crippen LogP contribution in [0.25, 0.3) is 0 Å². The zero-order valence-corrected chi connectivity index (χ0v) is 17.7. The molecule has 1 nitrogen and oxygen atoms in total. The Balaban J connectivity index is 2.06. The van der Waals surface area contributed by atoms with Gasteiger partial charge in [-0.25, -0.2) is 0 Å². The summed E-state index contributed by atoms with van der Waals surface area (Å²) in [6.07, 6.45) is 2.76. The Morgan fingerprint density at radius 2 is 1.50 bits per heavy atom. The summed E-state index contributed by atoms with van der Waals surface area (Å²) in [6.45, 7) is 8.02. The van der Waals surface area contributed by atoms with Crippen molar-refractivity contribution in [2.24, 2.45) is 0 Å². The molecule has 0 aliphatic carbocycles. The first-order chi connectivity index (χ1) is 11.5. The van der Waals surface area contributed by atoms with Crippen LogP contribution in [0.5, 0.6) is 0 Å². The second-order valence-electron chi connectivity index (χ2n) is 7.61. The minimum atomic E-state index is -2.31. The molecule has 2 aromatic carbocycles. The molecule has 1 aliphatic heterocycles. The number of hydrogen-bond acceptors (Lipinski definition) is 1. The molecule has 1 aliphatic rings. The third kappa shape index (κ3) is 3.55. The van der Waals surface area contributed by atoms with E-state index < -0.39 is 8.32 Å². The van der Waals surface area contributed by atoms with E-state index in [0.29, 0.717) is 0 Å². The molecule has 1 fully saturated rings. The average Bonchev–Trinajstić information content (AvgIpc) is 3.10. The van der Waals surface area contributed by atoms with Gasteiger partial charge < -0.3 is 0 Å². The molecule has 3 heteroatoms. The number of hydrogen-bond donors (Lipinski definition) is 0. The van der Waals surface area contributed by atoms with Crippen LogP contribution in [0, 0.1) is 0 Å². The van der Waals surface area contributed by atoms with Crippen molar-refractivity contribution < 1.29 is 4.43 Å². The molecule has 1 saturated heterocycles. The van der Waals surface area contributed by atoms with Gasteiger partial charge >= 0.3 is 154 Å². The first-order valence-corrected chi connectivity index (χ1v) is 13.0. The van der Waals surface area contributed by atoms with Gasteiger partial charge in [0.25, 0.3) is 0 Å². The molecule has 128 valence electrons. The van der Waals surface area contributed by atoms with Crippen molar-refractivity contribution in [3.63, 3.8) is 0 Å². The minimum absolute atomic E-state index is 0.0985. The van der Waals surface area contributed by atoms with E-state index in [-0.39, 0.29) is 5.04 Å². The van der Waals surface area contributed by atoms with Crippen LogP contribution in [0.2, 0.25) is 15.2 Å². The van der Waals surface area contributed by atoms with E-state index in [1.54, 1.807) is 0 Å². The van der Waals surface area contributed by atoms with Gasteiger partial charge in [-0.2, -0.15) is 0 Å². The van der Waals surface area contributed by atoms with E-state index >= 15 is 0 Å². The van der Waals surface area contributed by atoms with Crippen molar-refractivity contribution in [2.75, 3.05) is 6.61 Å². The van der Waals surface area contributed by atoms with Crippen LogP contribution in [0.15, 0.2) is 60.7 Å². The van der Waals surface area contributed by atoms with Gasteiger partial charge in [0.2, 0.25) is 0 Å². The summed E-state index contributed by atoms with van der Waals surface area (Å²) in [5.41, 5.74) is 0. The third-order valence-electron chi connectivity index (χ3n) is 4.93. The van der Waals surface area contributed by atoms with E-state index in [4.69, 9.17) is 4.43 Å². The fourth-order valence-corrected chi connectivity index (χ4v) is 11.1. The zero-order chi connectivity index (χ0) is 17.0. The van der Waals surface area contributed by atoms with E-state index in [9.17, 15) is 0 Å². The van der Waals surface area contributed by atoms with Gasteiger partial charge in [0.15, 0.2) is 0 Å². The summed E-state index contributed by atoms with van der Waals surface area (Å²) in [4.78, 5) is 0.805. The number of benzene rings is 2. The molecular formula is C21H28OSeSi. The second-order valence-corrected chi connectivity index (χ2v) is 14.9. The van der Waals surface area contributed by atoms with Crippen LogP contribution < -0.4 is 10.4 Å². The second kappa shape index (κ2) is 7.57. The van der Waals surface area contributed by atoms with Crippen molar-refractivity contribution in [3.05, 3.63) is 60.7 Å². The Bertz CT molecular complexity index is 590. The first kappa shape index (κ1) is 17.9. The Morgan fingerprint density at radius 3 is 1.92 bits per heavy atom. The quantitative estimate of drug-likeness (QED) is 0.678. The van der Waals surface area contributed by atoms with Crippen molar-refractivity contribution in [1.29, 1.82) is 0 Å². The molecule has 0 spiro atoms. The standard InChI is InChI=1S/C21H28OSeSi/c1-21(2,3)24(19-12-6-4-7-13-19,20-14-8-5-9-15-20)22-17-18-11-10-16-23-18/h4-9,12-15,18H,10-11,16-17H2,1-3H3/t18-/m1/s1. The Labute approximate surface area is 154 Å². The summed E-state index contributed by atoms with van der Waals surface area (Å²) in [5.74, 6) is 0. The van der Waals surface area contributed by atoms with Crippen LogP contribution in [0.4, 0.5) is 0 Å². The summed E-state index contributed by atoms with van der Waals surface area (Å²) < 4.78 is 7.00. The molecule has 0 aromatic heterocycles. The van der Waals surface area contributed by atoms with Crippen LogP contribution in [0.3, 0.4) is 0 Å². The normalized spacial score (nSPS) is 18.7. The maximum absolute atomic E-state index is 7.00.